The molecule has 0 aromatic carbocycles. The number of nitrogens with one attached hydrogen (secondary N) is 1. The van der Waals surface area contributed by atoms with Crippen molar-refractivity contribution in [2.75, 3.05) is 6.54 Å². The van der Waals surface area contributed by atoms with Crippen molar-refractivity contribution >= 4 is 11.8 Å². The molecule has 2 aromatic heterocycles. The van der Waals surface area contributed by atoms with Crippen LogP contribution in [0.15, 0.2) is 22.8 Å². The summed E-state index contributed by atoms with van der Waals surface area (Å²) in [6.07, 6.45) is 3.84. The minimum atomic E-state index is -0.326. The summed E-state index contributed by atoms with van der Waals surface area (Å²) < 4.78 is 7.32. The highest BCUT2D eigenvalue weighted by Crippen LogP contribution is 2.21. The van der Waals surface area contributed by atoms with Gasteiger partial charge in [-0.05, 0) is 18.6 Å². The predicted molar refractivity (Wildman–Crippen MR) is 82.4 cm³/mol. The quantitative estimate of drug-likeness (QED) is 0.861. The number of nitrogens with zero attached hydrogens (tertiary/aromatic N) is 4. The van der Waals surface area contributed by atoms with Crippen LogP contribution in [0.5, 0.6) is 0 Å². The van der Waals surface area contributed by atoms with E-state index in [1.807, 2.05) is 6.07 Å². The largest absolute Gasteiger partial charge is 0.467 e. The van der Waals surface area contributed by atoms with E-state index in [0.717, 1.165) is 36.8 Å². The van der Waals surface area contributed by atoms with Crippen LogP contribution in [0.4, 0.5) is 0 Å². The van der Waals surface area contributed by atoms with Crippen LogP contribution in [-0.2, 0) is 35.6 Å². The number of aromatic nitrogens is 3. The topological polar surface area (TPSA) is 93.3 Å². The molecule has 1 atom stereocenters. The molecule has 0 saturated carbocycles. The van der Waals surface area contributed by atoms with Crippen LogP contribution in [0.1, 0.15) is 30.3 Å². The summed E-state index contributed by atoms with van der Waals surface area (Å²) in [6, 6.07) is 3.61. The fraction of sp³-hybridized carbons (Fsp3) is 0.500. The second-order valence-corrected chi connectivity index (χ2v) is 6.26. The van der Waals surface area contributed by atoms with E-state index in [2.05, 4.69) is 20.1 Å². The molecule has 126 valence electrons. The Morgan fingerprint density at radius 1 is 1.42 bits per heavy atom. The van der Waals surface area contributed by atoms with Crippen molar-refractivity contribution in [3.63, 3.8) is 0 Å². The Balaban J connectivity index is 1.32. The maximum absolute atomic E-state index is 12.4. The molecule has 0 unspecified atom stereocenters. The van der Waals surface area contributed by atoms with Gasteiger partial charge in [-0.15, -0.1) is 10.2 Å². The lowest BCUT2D eigenvalue weighted by Gasteiger charge is -2.15. The van der Waals surface area contributed by atoms with E-state index >= 15 is 0 Å². The Bertz CT molecular complexity index is 752. The molecule has 1 N–H and O–H groups in total. The number of hydrogen-bond acceptors (Lipinski definition) is 5. The first-order chi connectivity index (χ1) is 11.7. The number of amides is 2. The molecule has 0 spiro atoms. The minimum Gasteiger partial charge on any atom is -0.467 e. The fourth-order valence-electron chi connectivity index (χ4n) is 3.34. The van der Waals surface area contributed by atoms with Crippen molar-refractivity contribution in [2.45, 2.75) is 38.9 Å². The van der Waals surface area contributed by atoms with Gasteiger partial charge in [-0.25, -0.2) is 0 Å². The Hall–Kier alpha value is -2.64. The van der Waals surface area contributed by atoms with Crippen LogP contribution in [0.2, 0.25) is 0 Å². The molecular weight excluding hydrogens is 310 g/mol. The molecule has 2 amide bonds. The van der Waals surface area contributed by atoms with Crippen molar-refractivity contribution in [3.8, 4) is 0 Å². The normalized spacial score (nSPS) is 19.8. The van der Waals surface area contributed by atoms with E-state index < -0.39 is 0 Å². The molecule has 0 aliphatic carbocycles. The Labute approximate surface area is 138 Å². The van der Waals surface area contributed by atoms with Crippen LogP contribution in [-0.4, -0.2) is 38.0 Å². The monoisotopic (exact) mass is 329 g/mol. The maximum atomic E-state index is 12.4. The van der Waals surface area contributed by atoms with E-state index in [0.29, 0.717) is 19.6 Å². The third-order valence-electron chi connectivity index (χ3n) is 4.62. The van der Waals surface area contributed by atoms with Gasteiger partial charge in [-0.1, -0.05) is 0 Å². The molecular formula is C16H19N5O3. The molecule has 2 aromatic rings. The summed E-state index contributed by atoms with van der Waals surface area (Å²) in [5.41, 5.74) is 0. The highest BCUT2D eigenvalue weighted by Gasteiger charge is 2.34. The molecule has 24 heavy (non-hydrogen) atoms. The maximum Gasteiger partial charge on any atom is 0.225 e. The molecule has 8 heteroatoms. The van der Waals surface area contributed by atoms with Gasteiger partial charge in [-0.3, -0.25) is 9.59 Å². The first kappa shape index (κ1) is 14.9. The first-order valence-electron chi connectivity index (χ1n) is 8.19. The number of fused-ring (bicyclic) bond motifs is 1. The van der Waals surface area contributed by atoms with Gasteiger partial charge in [0.2, 0.25) is 11.8 Å². The molecule has 0 radical (unpaired) electrons. The second kappa shape index (κ2) is 6.10. The lowest BCUT2D eigenvalue weighted by atomic mass is 10.1. The van der Waals surface area contributed by atoms with Crippen LogP contribution in [0.3, 0.4) is 0 Å². The van der Waals surface area contributed by atoms with Crippen LogP contribution >= 0.6 is 0 Å². The molecule has 4 heterocycles. The SMILES string of the molecule is O=C(NCc1nnc2n1CCC2)[C@H]1CC(=O)N(Cc2ccco2)C1. The van der Waals surface area contributed by atoms with Crippen LogP contribution in [0.25, 0.3) is 0 Å². The van der Waals surface area contributed by atoms with E-state index in [-0.39, 0.29) is 24.2 Å². The number of carbonyl (C=O) groups excluding carboxylic acids is 2. The van der Waals surface area contributed by atoms with E-state index in [1.165, 1.54) is 0 Å². The molecule has 2 aliphatic rings. The second-order valence-electron chi connectivity index (χ2n) is 6.26. The fourth-order valence-corrected chi connectivity index (χ4v) is 3.34. The minimum absolute atomic E-state index is 0.0186. The van der Waals surface area contributed by atoms with Crippen molar-refractivity contribution in [2.24, 2.45) is 5.92 Å². The highest BCUT2D eigenvalue weighted by molar-refractivity contribution is 5.89. The standard InChI is InChI=1S/C16H19N5O3/c22-15-7-11(9-20(15)10-12-3-2-6-24-12)16(23)17-8-14-19-18-13-4-1-5-21(13)14/h2-3,6,11H,1,4-5,7-10H2,(H,17,23)/t11-/m0/s1. The molecule has 1 fully saturated rings. The van der Waals surface area contributed by atoms with Gasteiger partial charge in [0, 0.05) is 25.9 Å². The van der Waals surface area contributed by atoms with E-state index in [4.69, 9.17) is 4.42 Å². The smallest absolute Gasteiger partial charge is 0.225 e. The Morgan fingerprint density at radius 2 is 2.33 bits per heavy atom. The summed E-state index contributed by atoms with van der Waals surface area (Å²) in [7, 11) is 0. The van der Waals surface area contributed by atoms with E-state index in [1.54, 1.807) is 17.2 Å². The van der Waals surface area contributed by atoms with Gasteiger partial charge in [0.1, 0.15) is 11.6 Å². The average molecular weight is 329 g/mol. The van der Waals surface area contributed by atoms with Crippen molar-refractivity contribution in [3.05, 3.63) is 35.8 Å². The van der Waals surface area contributed by atoms with Gasteiger partial charge >= 0.3 is 0 Å². The lowest BCUT2D eigenvalue weighted by Crippen LogP contribution is -2.33. The number of rotatable bonds is 5. The molecule has 2 aliphatic heterocycles. The molecule has 0 bridgehead atoms. The van der Waals surface area contributed by atoms with Gasteiger partial charge in [-0.2, -0.15) is 0 Å². The van der Waals surface area contributed by atoms with Gasteiger partial charge < -0.3 is 19.2 Å². The van der Waals surface area contributed by atoms with Crippen LogP contribution in [0, 0.1) is 5.92 Å². The molecule has 4 rings (SSSR count). The number of aryl methyl sites for hydroxylation is 1. The Kier molecular flexibility index (Phi) is 3.79. The number of furan rings is 1. The van der Waals surface area contributed by atoms with Gasteiger partial charge in [0.25, 0.3) is 0 Å². The first-order valence-corrected chi connectivity index (χ1v) is 8.19. The average Bonchev–Trinajstić information content (AvgIpc) is 3.31. The highest BCUT2D eigenvalue weighted by atomic mass is 16.3. The number of likely N-dealkylation sites (tertiary alicyclic amines) is 1. The summed E-state index contributed by atoms with van der Waals surface area (Å²) in [5, 5.41) is 11.1. The van der Waals surface area contributed by atoms with E-state index in [9.17, 15) is 9.59 Å². The third kappa shape index (κ3) is 2.79. The van der Waals surface area contributed by atoms with Crippen LogP contribution < -0.4 is 5.32 Å². The zero-order valence-electron chi connectivity index (χ0n) is 13.3. The Morgan fingerprint density at radius 3 is 3.17 bits per heavy atom. The van der Waals surface area contributed by atoms with Crippen molar-refractivity contribution < 1.29 is 14.0 Å². The number of hydrogen-bond donors (Lipinski definition) is 1. The zero-order chi connectivity index (χ0) is 16.5. The summed E-state index contributed by atoms with van der Waals surface area (Å²) >= 11 is 0. The van der Waals surface area contributed by atoms with Crippen molar-refractivity contribution in [1.29, 1.82) is 0 Å². The lowest BCUT2D eigenvalue weighted by molar-refractivity contribution is -0.129. The molecule has 1 saturated heterocycles. The summed E-state index contributed by atoms with van der Waals surface area (Å²) in [5.74, 6) is 2.04. The third-order valence-corrected chi connectivity index (χ3v) is 4.62. The predicted octanol–water partition coefficient (Wildman–Crippen LogP) is 0.482. The molecule has 8 nitrogen and oxygen atoms in total. The number of carbonyl (C=O) groups is 2. The zero-order valence-corrected chi connectivity index (χ0v) is 13.3. The summed E-state index contributed by atoms with van der Waals surface area (Å²) in [4.78, 5) is 26.1. The summed E-state index contributed by atoms with van der Waals surface area (Å²) in [6.45, 7) is 2.09. The van der Waals surface area contributed by atoms with Crippen molar-refractivity contribution in [1.82, 2.24) is 25.0 Å². The van der Waals surface area contributed by atoms with Gasteiger partial charge in [0.15, 0.2) is 5.82 Å². The van der Waals surface area contributed by atoms with Gasteiger partial charge in [0.05, 0.1) is 25.3 Å².